The molecule has 0 spiro atoms. The van der Waals surface area contributed by atoms with Crippen molar-refractivity contribution < 1.29 is 9.59 Å². The molecule has 2 atom stereocenters. The number of hydrogen-bond acceptors (Lipinski definition) is 6. The Balaban J connectivity index is 1.28. The summed E-state index contributed by atoms with van der Waals surface area (Å²) in [5, 5.41) is 5.52. The number of aromatic amines is 1. The molecule has 4 rings (SSSR count). The van der Waals surface area contributed by atoms with E-state index in [0.717, 1.165) is 15.9 Å². The molecular weight excluding hydrogens is 370 g/mol. The van der Waals surface area contributed by atoms with Crippen LogP contribution < -0.4 is 10.6 Å². The summed E-state index contributed by atoms with van der Waals surface area (Å²) in [7, 11) is 0. The molecule has 9 heteroatoms. The highest BCUT2D eigenvalue weighted by atomic mass is 32.2. The molecule has 2 aliphatic heterocycles. The van der Waals surface area contributed by atoms with E-state index in [0.29, 0.717) is 17.5 Å². The SMILES string of the molecule is CC1=C[C@H]2C(=O)NC(CSCC(=O)Nc3nc4ccccc4[nH]3)=N[C@@H]2S1. The average Bonchev–Trinajstić information content (AvgIpc) is 3.17. The highest BCUT2D eigenvalue weighted by Gasteiger charge is 2.36. The van der Waals surface area contributed by atoms with Gasteiger partial charge in [-0.2, -0.15) is 0 Å². The summed E-state index contributed by atoms with van der Waals surface area (Å²) in [6.07, 6.45) is 1.96. The number of anilines is 1. The van der Waals surface area contributed by atoms with Crippen LogP contribution in [0.25, 0.3) is 11.0 Å². The van der Waals surface area contributed by atoms with E-state index in [4.69, 9.17) is 0 Å². The predicted octanol–water partition coefficient (Wildman–Crippen LogP) is 2.36. The molecule has 0 saturated carbocycles. The first-order chi connectivity index (χ1) is 12.6. The third kappa shape index (κ3) is 3.63. The summed E-state index contributed by atoms with van der Waals surface area (Å²) in [5.41, 5.74) is 1.68. The number of carbonyl (C=O) groups excluding carboxylic acids is 2. The first-order valence-corrected chi connectivity index (χ1v) is 10.2. The van der Waals surface area contributed by atoms with Gasteiger partial charge in [-0.05, 0) is 24.0 Å². The number of H-pyrrole nitrogens is 1. The van der Waals surface area contributed by atoms with E-state index in [2.05, 4.69) is 25.6 Å². The molecular formula is C17H17N5O2S2. The van der Waals surface area contributed by atoms with Crippen molar-refractivity contribution in [1.82, 2.24) is 15.3 Å². The smallest absolute Gasteiger partial charge is 0.236 e. The van der Waals surface area contributed by atoms with Gasteiger partial charge in [0, 0.05) is 0 Å². The number of carbonyl (C=O) groups is 2. The van der Waals surface area contributed by atoms with Crippen molar-refractivity contribution in [3.8, 4) is 0 Å². The fourth-order valence-corrected chi connectivity index (χ4v) is 4.69. The Bertz CT molecular complexity index is 903. The molecule has 0 fully saturated rings. The van der Waals surface area contributed by atoms with Crippen LogP contribution in [0.5, 0.6) is 0 Å². The van der Waals surface area contributed by atoms with Gasteiger partial charge in [0.2, 0.25) is 17.8 Å². The van der Waals surface area contributed by atoms with Gasteiger partial charge in [0.1, 0.15) is 11.2 Å². The monoisotopic (exact) mass is 387 g/mol. The van der Waals surface area contributed by atoms with Gasteiger partial charge in [0.15, 0.2) is 0 Å². The van der Waals surface area contributed by atoms with Gasteiger partial charge in [-0.3, -0.25) is 19.9 Å². The lowest BCUT2D eigenvalue weighted by atomic mass is 10.1. The summed E-state index contributed by atoms with van der Waals surface area (Å²) in [6.45, 7) is 1.99. The van der Waals surface area contributed by atoms with E-state index in [-0.39, 0.29) is 28.9 Å². The fraction of sp³-hybridized carbons (Fsp3) is 0.294. The van der Waals surface area contributed by atoms with Crippen LogP contribution in [-0.2, 0) is 9.59 Å². The minimum absolute atomic E-state index is 0.0170. The number of nitrogens with zero attached hydrogens (tertiary/aromatic N) is 2. The number of imidazole rings is 1. The van der Waals surface area contributed by atoms with Gasteiger partial charge in [-0.15, -0.1) is 23.5 Å². The fourth-order valence-electron chi connectivity index (χ4n) is 2.86. The summed E-state index contributed by atoms with van der Waals surface area (Å²) >= 11 is 3.02. The molecule has 0 radical (unpaired) electrons. The van der Waals surface area contributed by atoms with Crippen molar-refractivity contribution in [3.63, 3.8) is 0 Å². The second kappa shape index (κ2) is 7.16. The molecule has 0 unspecified atom stereocenters. The molecule has 3 N–H and O–H groups in total. The maximum atomic E-state index is 12.1. The zero-order valence-corrected chi connectivity index (χ0v) is 15.6. The summed E-state index contributed by atoms with van der Waals surface area (Å²) in [5.74, 6) is 1.47. The molecule has 2 aliphatic rings. The van der Waals surface area contributed by atoms with Crippen LogP contribution in [0.1, 0.15) is 6.92 Å². The van der Waals surface area contributed by atoms with Gasteiger partial charge in [-0.25, -0.2) is 4.98 Å². The maximum Gasteiger partial charge on any atom is 0.236 e. The molecule has 0 saturated heterocycles. The van der Waals surface area contributed by atoms with Crippen molar-refractivity contribution >= 4 is 58.2 Å². The molecule has 0 aliphatic carbocycles. The lowest BCUT2D eigenvalue weighted by Gasteiger charge is -2.22. The standard InChI is InChI=1S/C17H17N5O2S2/c1-9-6-10-15(24)20-13(21-16(10)26-9)7-25-8-14(23)22-17-18-11-4-2-3-5-12(11)19-17/h2-6,10,16H,7-8H2,1H3,(H,20,21,24)(H2,18,19,22,23)/t10-,16+/m0/s1. The third-order valence-electron chi connectivity index (χ3n) is 4.00. The zero-order valence-electron chi connectivity index (χ0n) is 14.0. The Morgan fingerprint density at radius 3 is 3.08 bits per heavy atom. The number of rotatable bonds is 5. The molecule has 0 bridgehead atoms. The average molecular weight is 387 g/mol. The minimum atomic E-state index is -0.176. The van der Waals surface area contributed by atoms with Crippen LogP contribution in [-0.4, -0.2) is 44.5 Å². The van der Waals surface area contributed by atoms with Crippen molar-refractivity contribution in [2.75, 3.05) is 16.8 Å². The molecule has 26 heavy (non-hydrogen) atoms. The van der Waals surface area contributed by atoms with Crippen LogP contribution in [0.4, 0.5) is 5.95 Å². The quantitative estimate of drug-likeness (QED) is 0.731. The van der Waals surface area contributed by atoms with Crippen molar-refractivity contribution in [3.05, 3.63) is 35.2 Å². The Kier molecular flexibility index (Phi) is 4.73. The van der Waals surface area contributed by atoms with Crippen LogP contribution in [0.2, 0.25) is 0 Å². The Morgan fingerprint density at radius 1 is 1.38 bits per heavy atom. The van der Waals surface area contributed by atoms with Gasteiger partial charge in [0.05, 0.1) is 28.5 Å². The van der Waals surface area contributed by atoms with Gasteiger partial charge in [-0.1, -0.05) is 18.2 Å². The number of amides is 2. The molecule has 7 nitrogen and oxygen atoms in total. The number of aliphatic imine (C=N–C) groups is 1. The number of nitrogens with one attached hydrogen (secondary N) is 3. The van der Waals surface area contributed by atoms with Crippen LogP contribution in [0.15, 0.2) is 40.2 Å². The molecule has 2 amide bonds. The Morgan fingerprint density at radius 2 is 2.23 bits per heavy atom. The van der Waals surface area contributed by atoms with Crippen molar-refractivity contribution in [2.45, 2.75) is 12.3 Å². The lowest BCUT2D eigenvalue weighted by Crippen LogP contribution is -2.44. The molecule has 134 valence electrons. The highest BCUT2D eigenvalue weighted by Crippen LogP contribution is 2.38. The van der Waals surface area contributed by atoms with Crippen LogP contribution in [0, 0.1) is 5.92 Å². The second-order valence-corrected chi connectivity index (χ2v) is 8.37. The Labute approximate surface area is 158 Å². The number of benzene rings is 1. The summed E-state index contributed by atoms with van der Waals surface area (Å²) < 4.78 is 0. The lowest BCUT2D eigenvalue weighted by molar-refractivity contribution is -0.122. The largest absolute Gasteiger partial charge is 0.324 e. The predicted molar refractivity (Wildman–Crippen MR) is 106 cm³/mol. The number of hydrogen-bond donors (Lipinski definition) is 3. The van der Waals surface area contributed by atoms with Gasteiger partial charge >= 0.3 is 0 Å². The highest BCUT2D eigenvalue weighted by molar-refractivity contribution is 8.04. The van der Waals surface area contributed by atoms with Crippen molar-refractivity contribution in [1.29, 1.82) is 0 Å². The van der Waals surface area contributed by atoms with E-state index in [1.54, 1.807) is 11.8 Å². The zero-order chi connectivity index (χ0) is 18.1. The van der Waals surface area contributed by atoms with E-state index < -0.39 is 0 Å². The van der Waals surface area contributed by atoms with E-state index >= 15 is 0 Å². The van der Waals surface area contributed by atoms with Gasteiger partial charge in [0.25, 0.3) is 0 Å². The van der Waals surface area contributed by atoms with E-state index in [1.165, 1.54) is 11.8 Å². The van der Waals surface area contributed by atoms with E-state index in [1.807, 2.05) is 37.3 Å². The van der Waals surface area contributed by atoms with Crippen LogP contribution >= 0.6 is 23.5 Å². The number of allylic oxidation sites excluding steroid dienone is 1. The maximum absolute atomic E-state index is 12.1. The van der Waals surface area contributed by atoms with E-state index in [9.17, 15) is 9.59 Å². The molecule has 3 heterocycles. The number of para-hydroxylation sites is 2. The normalized spacial score (nSPS) is 21.8. The third-order valence-corrected chi connectivity index (χ3v) is 6.09. The summed E-state index contributed by atoms with van der Waals surface area (Å²) in [6, 6.07) is 7.59. The number of amidine groups is 1. The molecule has 2 aromatic rings. The Hall–Kier alpha value is -2.26. The summed E-state index contributed by atoms with van der Waals surface area (Å²) in [4.78, 5) is 37.3. The first kappa shape index (κ1) is 17.2. The number of aromatic nitrogens is 2. The van der Waals surface area contributed by atoms with Crippen molar-refractivity contribution in [2.24, 2.45) is 10.9 Å². The number of fused-ring (bicyclic) bond motifs is 2. The molecule has 1 aromatic heterocycles. The minimum Gasteiger partial charge on any atom is -0.324 e. The topological polar surface area (TPSA) is 99.2 Å². The first-order valence-electron chi connectivity index (χ1n) is 8.13. The number of thioether (sulfide) groups is 2. The van der Waals surface area contributed by atoms with Gasteiger partial charge < -0.3 is 10.3 Å². The second-order valence-electron chi connectivity index (χ2n) is 6.02. The molecule has 1 aromatic carbocycles. The van der Waals surface area contributed by atoms with Crippen LogP contribution in [0.3, 0.4) is 0 Å².